The van der Waals surface area contributed by atoms with Crippen molar-refractivity contribution in [1.82, 2.24) is 0 Å². The van der Waals surface area contributed by atoms with E-state index in [-0.39, 0.29) is 5.41 Å². The lowest BCUT2D eigenvalue weighted by Gasteiger charge is -2.30. The fourth-order valence-electron chi connectivity index (χ4n) is 3.23. The summed E-state index contributed by atoms with van der Waals surface area (Å²) in [5.74, 6) is 1.30. The fourth-order valence-corrected chi connectivity index (χ4v) is 3.23. The highest BCUT2D eigenvalue weighted by Gasteiger charge is 2.25. The zero-order valence-electron chi connectivity index (χ0n) is 13.6. The second kappa shape index (κ2) is 5.99. The zero-order valence-corrected chi connectivity index (χ0v) is 13.6. The Bertz CT molecular complexity index is 599. The van der Waals surface area contributed by atoms with E-state index in [4.69, 9.17) is 0 Å². The lowest BCUT2D eigenvalue weighted by Crippen LogP contribution is -2.35. The normalized spacial score (nSPS) is 18.8. The van der Waals surface area contributed by atoms with E-state index in [9.17, 15) is 0 Å². The highest BCUT2D eigenvalue weighted by Crippen LogP contribution is 2.33. The van der Waals surface area contributed by atoms with Crippen molar-refractivity contribution in [3.8, 4) is 0 Å². The minimum Gasteiger partial charge on any atom is -0.0911 e. The van der Waals surface area contributed by atoms with Gasteiger partial charge in [0.05, 0.1) is 0 Å². The van der Waals surface area contributed by atoms with Crippen LogP contribution in [0.5, 0.6) is 0 Å². The van der Waals surface area contributed by atoms with E-state index >= 15 is 0 Å². The number of hydrogen-bond donors (Lipinski definition) is 0. The standard InChI is InChI=1S/C20H28/c1-6-12-20(4,5)18-11-10-16-8-7-9-17(13-15(2)3)19(16)14-18/h6-10,12,14-15,18H,11,13H2,1-5H3. The Kier molecular flexibility index (Phi) is 4.52. The first-order chi connectivity index (χ1) is 9.44. The van der Waals surface area contributed by atoms with Crippen LogP contribution in [0, 0.1) is 17.3 Å². The minimum absolute atomic E-state index is 0.230. The van der Waals surface area contributed by atoms with E-state index in [2.05, 4.69) is 77.1 Å². The van der Waals surface area contributed by atoms with Gasteiger partial charge in [-0.2, -0.15) is 0 Å². The first-order valence-electron chi connectivity index (χ1n) is 7.88. The van der Waals surface area contributed by atoms with E-state index in [0.717, 1.165) is 6.42 Å². The molecular formula is C20H28. The SMILES string of the molecule is CC=CC(C)(C)C1C=c2c(CC(C)C)cccc2=CC1. The summed E-state index contributed by atoms with van der Waals surface area (Å²) in [7, 11) is 0. The van der Waals surface area contributed by atoms with Gasteiger partial charge >= 0.3 is 0 Å². The van der Waals surface area contributed by atoms with Crippen molar-refractivity contribution in [1.29, 1.82) is 0 Å². The predicted octanol–water partition coefficient (Wildman–Crippen LogP) is 4.07. The van der Waals surface area contributed by atoms with Gasteiger partial charge in [0.25, 0.3) is 0 Å². The molecule has 0 saturated heterocycles. The summed E-state index contributed by atoms with van der Waals surface area (Å²) in [5, 5.41) is 2.91. The molecule has 20 heavy (non-hydrogen) atoms. The summed E-state index contributed by atoms with van der Waals surface area (Å²) in [5.41, 5.74) is 1.74. The smallest absolute Gasteiger partial charge is 0.0103 e. The molecule has 2 rings (SSSR count). The quantitative estimate of drug-likeness (QED) is 0.722. The first kappa shape index (κ1) is 15.1. The third-order valence-electron chi connectivity index (χ3n) is 4.37. The average Bonchev–Trinajstić information content (AvgIpc) is 2.38. The number of benzene rings is 1. The van der Waals surface area contributed by atoms with Crippen LogP contribution >= 0.6 is 0 Å². The molecule has 0 radical (unpaired) electrons. The van der Waals surface area contributed by atoms with E-state index in [1.54, 1.807) is 0 Å². The van der Waals surface area contributed by atoms with Gasteiger partial charge in [-0.15, -0.1) is 0 Å². The van der Waals surface area contributed by atoms with Crippen LogP contribution in [0.2, 0.25) is 0 Å². The number of allylic oxidation sites excluding steroid dienone is 2. The molecule has 1 atom stereocenters. The van der Waals surface area contributed by atoms with Gasteiger partial charge < -0.3 is 0 Å². The second-order valence-corrected chi connectivity index (χ2v) is 7.05. The molecule has 0 amide bonds. The van der Waals surface area contributed by atoms with E-state index in [1.807, 2.05) is 0 Å². The van der Waals surface area contributed by atoms with Crippen molar-refractivity contribution in [3.05, 3.63) is 46.4 Å². The summed E-state index contributed by atoms with van der Waals surface area (Å²) in [6.07, 6.45) is 11.8. The highest BCUT2D eigenvalue weighted by molar-refractivity contribution is 5.45. The molecule has 0 nitrogen and oxygen atoms in total. The maximum absolute atomic E-state index is 2.52. The third kappa shape index (κ3) is 3.23. The molecule has 0 aliphatic heterocycles. The van der Waals surface area contributed by atoms with Crippen LogP contribution in [0.15, 0.2) is 30.4 Å². The maximum Gasteiger partial charge on any atom is -0.0103 e. The number of hydrogen-bond acceptors (Lipinski definition) is 0. The Balaban J connectivity index is 2.48. The summed E-state index contributed by atoms with van der Waals surface area (Å²) < 4.78 is 0. The van der Waals surface area contributed by atoms with Crippen molar-refractivity contribution in [3.63, 3.8) is 0 Å². The molecule has 0 fully saturated rings. The van der Waals surface area contributed by atoms with Crippen LogP contribution in [-0.4, -0.2) is 0 Å². The largest absolute Gasteiger partial charge is 0.0911 e. The van der Waals surface area contributed by atoms with Crippen molar-refractivity contribution in [2.45, 2.75) is 47.5 Å². The van der Waals surface area contributed by atoms with Crippen LogP contribution < -0.4 is 10.4 Å². The zero-order chi connectivity index (χ0) is 14.8. The van der Waals surface area contributed by atoms with Crippen molar-refractivity contribution >= 4 is 12.2 Å². The first-order valence-corrected chi connectivity index (χ1v) is 7.88. The molecule has 0 heteroatoms. The van der Waals surface area contributed by atoms with Crippen molar-refractivity contribution in [2.24, 2.45) is 17.3 Å². The van der Waals surface area contributed by atoms with Crippen LogP contribution in [0.3, 0.4) is 0 Å². The number of fused-ring (bicyclic) bond motifs is 1. The Hall–Kier alpha value is -1.30. The maximum atomic E-state index is 2.52. The molecule has 1 aromatic carbocycles. The predicted molar refractivity (Wildman–Crippen MR) is 89.9 cm³/mol. The van der Waals surface area contributed by atoms with Crippen LogP contribution in [0.1, 0.15) is 46.6 Å². The molecule has 108 valence electrons. The van der Waals surface area contributed by atoms with E-state index < -0.39 is 0 Å². The molecular weight excluding hydrogens is 240 g/mol. The van der Waals surface area contributed by atoms with Crippen LogP contribution in [0.4, 0.5) is 0 Å². The lowest BCUT2D eigenvalue weighted by molar-refractivity contribution is 0.366. The van der Waals surface area contributed by atoms with Crippen molar-refractivity contribution < 1.29 is 0 Å². The number of rotatable bonds is 4. The molecule has 0 aromatic heterocycles. The van der Waals surface area contributed by atoms with Gasteiger partial charge in [-0.3, -0.25) is 0 Å². The van der Waals surface area contributed by atoms with Gasteiger partial charge in [0.2, 0.25) is 0 Å². The van der Waals surface area contributed by atoms with Crippen LogP contribution in [0.25, 0.3) is 12.2 Å². The Morgan fingerprint density at radius 1 is 1.30 bits per heavy atom. The van der Waals surface area contributed by atoms with Gasteiger partial charge in [0, 0.05) is 0 Å². The van der Waals surface area contributed by atoms with Gasteiger partial charge in [-0.1, -0.05) is 70.2 Å². The molecule has 1 aromatic rings. The fraction of sp³-hybridized carbons (Fsp3) is 0.500. The van der Waals surface area contributed by atoms with E-state index in [0.29, 0.717) is 11.8 Å². The van der Waals surface area contributed by atoms with Gasteiger partial charge in [0.1, 0.15) is 0 Å². The van der Waals surface area contributed by atoms with E-state index in [1.165, 1.54) is 22.4 Å². The monoisotopic (exact) mass is 268 g/mol. The molecule has 0 N–H and O–H groups in total. The molecule has 1 aliphatic carbocycles. The van der Waals surface area contributed by atoms with Gasteiger partial charge in [-0.05, 0) is 53.0 Å². The average molecular weight is 268 g/mol. The minimum atomic E-state index is 0.230. The third-order valence-corrected chi connectivity index (χ3v) is 4.37. The molecule has 1 aliphatic rings. The lowest BCUT2D eigenvalue weighted by atomic mass is 9.74. The van der Waals surface area contributed by atoms with Crippen molar-refractivity contribution in [2.75, 3.05) is 0 Å². The second-order valence-electron chi connectivity index (χ2n) is 7.05. The molecule has 0 saturated carbocycles. The van der Waals surface area contributed by atoms with Gasteiger partial charge in [0.15, 0.2) is 0 Å². The topological polar surface area (TPSA) is 0 Å². The molecule has 0 bridgehead atoms. The van der Waals surface area contributed by atoms with Crippen LogP contribution in [-0.2, 0) is 6.42 Å². The molecule has 0 spiro atoms. The highest BCUT2D eigenvalue weighted by atomic mass is 14.3. The molecule has 0 heterocycles. The summed E-state index contributed by atoms with van der Waals surface area (Å²) in [6, 6.07) is 6.76. The Morgan fingerprint density at radius 3 is 2.70 bits per heavy atom. The summed E-state index contributed by atoms with van der Waals surface area (Å²) in [4.78, 5) is 0. The summed E-state index contributed by atoms with van der Waals surface area (Å²) in [6.45, 7) is 11.4. The Labute approximate surface area is 123 Å². The Morgan fingerprint density at radius 2 is 2.05 bits per heavy atom. The molecule has 1 unspecified atom stereocenters. The summed E-state index contributed by atoms with van der Waals surface area (Å²) >= 11 is 0. The van der Waals surface area contributed by atoms with Gasteiger partial charge in [-0.25, -0.2) is 0 Å².